The van der Waals surface area contributed by atoms with Crippen LogP contribution in [0.2, 0.25) is 5.02 Å². The normalized spacial score (nSPS) is 10.8. The minimum Gasteiger partial charge on any atom is -0.311 e. The zero-order valence-electron chi connectivity index (χ0n) is 10.9. The molecule has 0 amide bonds. The molecule has 0 saturated heterocycles. The van der Waals surface area contributed by atoms with Gasteiger partial charge in [-0.15, -0.1) is 23.1 Å². The number of hydrogen-bond donors (Lipinski definition) is 1. The molecule has 1 N–H and O–H groups in total. The summed E-state index contributed by atoms with van der Waals surface area (Å²) < 4.78 is 0. The molecule has 1 heterocycles. The molecule has 19 heavy (non-hydrogen) atoms. The maximum absolute atomic E-state index is 6.13. The molecule has 2 rings (SSSR count). The van der Waals surface area contributed by atoms with Crippen LogP contribution in [0.1, 0.15) is 24.0 Å². The van der Waals surface area contributed by atoms with Crippen molar-refractivity contribution >= 4 is 34.7 Å². The monoisotopic (exact) mass is 312 g/mol. The van der Waals surface area contributed by atoms with Gasteiger partial charge in [-0.3, -0.25) is 0 Å². The molecule has 0 unspecified atom stereocenters. The Labute approximate surface area is 127 Å². The maximum atomic E-state index is 6.13. The Morgan fingerprint density at radius 2 is 2.21 bits per heavy atom. The van der Waals surface area contributed by atoms with E-state index in [9.17, 15) is 0 Å². The number of halogens is 1. The summed E-state index contributed by atoms with van der Waals surface area (Å²) in [5.41, 5.74) is 1.13. The Morgan fingerprint density at radius 3 is 3.00 bits per heavy atom. The number of rotatable bonds is 7. The highest BCUT2D eigenvalue weighted by molar-refractivity contribution is 7.98. The molecule has 2 aromatic rings. The lowest BCUT2D eigenvalue weighted by molar-refractivity contribution is 0.666. The van der Waals surface area contributed by atoms with E-state index in [1.807, 2.05) is 24.3 Å². The SMILES string of the molecule is CCCNCc1csc(CSc2ccccc2Cl)n1. The molecule has 1 aromatic carbocycles. The topological polar surface area (TPSA) is 24.9 Å². The van der Waals surface area contributed by atoms with E-state index in [4.69, 9.17) is 11.6 Å². The van der Waals surface area contributed by atoms with Crippen molar-refractivity contribution in [3.8, 4) is 0 Å². The lowest BCUT2D eigenvalue weighted by Crippen LogP contribution is -2.13. The first kappa shape index (κ1) is 14.9. The van der Waals surface area contributed by atoms with Crippen molar-refractivity contribution in [2.24, 2.45) is 0 Å². The molecule has 0 saturated carbocycles. The van der Waals surface area contributed by atoms with E-state index in [0.29, 0.717) is 0 Å². The summed E-state index contributed by atoms with van der Waals surface area (Å²) in [7, 11) is 0. The number of nitrogens with one attached hydrogen (secondary N) is 1. The Balaban J connectivity index is 1.85. The molecule has 0 aliphatic heterocycles. The third-order valence-corrected chi connectivity index (χ3v) is 5.13. The van der Waals surface area contributed by atoms with E-state index >= 15 is 0 Å². The van der Waals surface area contributed by atoms with Gasteiger partial charge in [0.1, 0.15) is 5.01 Å². The molecular weight excluding hydrogens is 296 g/mol. The second kappa shape index (κ2) is 7.90. The van der Waals surface area contributed by atoms with E-state index in [1.54, 1.807) is 23.1 Å². The molecule has 0 fully saturated rings. The van der Waals surface area contributed by atoms with E-state index in [2.05, 4.69) is 22.6 Å². The van der Waals surface area contributed by atoms with Crippen molar-refractivity contribution < 1.29 is 0 Å². The van der Waals surface area contributed by atoms with Gasteiger partial charge < -0.3 is 5.32 Å². The van der Waals surface area contributed by atoms with Crippen LogP contribution >= 0.6 is 34.7 Å². The van der Waals surface area contributed by atoms with Crippen LogP contribution in [-0.2, 0) is 12.3 Å². The van der Waals surface area contributed by atoms with Crippen molar-refractivity contribution in [1.29, 1.82) is 0 Å². The van der Waals surface area contributed by atoms with Gasteiger partial charge in [-0.05, 0) is 25.1 Å². The molecule has 0 bridgehead atoms. The van der Waals surface area contributed by atoms with Gasteiger partial charge in [0, 0.05) is 16.8 Å². The Bertz CT molecular complexity index is 514. The van der Waals surface area contributed by atoms with Crippen LogP contribution in [0, 0.1) is 0 Å². The predicted molar refractivity (Wildman–Crippen MR) is 85.1 cm³/mol. The second-order valence-corrected chi connectivity index (χ2v) is 6.50. The molecule has 1 aromatic heterocycles. The minimum absolute atomic E-state index is 0.814. The van der Waals surface area contributed by atoms with Gasteiger partial charge in [0.25, 0.3) is 0 Å². The summed E-state index contributed by atoms with van der Waals surface area (Å²) in [6.07, 6.45) is 1.15. The minimum atomic E-state index is 0.814. The summed E-state index contributed by atoms with van der Waals surface area (Å²) >= 11 is 9.59. The number of thiazole rings is 1. The average Bonchev–Trinajstić information content (AvgIpc) is 2.86. The summed E-state index contributed by atoms with van der Waals surface area (Å²) in [5, 5.41) is 7.46. The van der Waals surface area contributed by atoms with Crippen molar-refractivity contribution in [2.45, 2.75) is 30.5 Å². The van der Waals surface area contributed by atoms with Crippen molar-refractivity contribution in [1.82, 2.24) is 10.3 Å². The van der Waals surface area contributed by atoms with E-state index in [-0.39, 0.29) is 0 Å². The summed E-state index contributed by atoms with van der Waals surface area (Å²) in [4.78, 5) is 5.73. The average molecular weight is 313 g/mol. The summed E-state index contributed by atoms with van der Waals surface area (Å²) in [5.74, 6) is 0.877. The van der Waals surface area contributed by atoms with Crippen LogP contribution in [0.25, 0.3) is 0 Å². The van der Waals surface area contributed by atoms with Gasteiger partial charge in [0.15, 0.2) is 0 Å². The van der Waals surface area contributed by atoms with E-state index in [0.717, 1.165) is 45.9 Å². The lowest BCUT2D eigenvalue weighted by Gasteiger charge is -2.01. The molecule has 0 aliphatic carbocycles. The van der Waals surface area contributed by atoms with Gasteiger partial charge in [-0.25, -0.2) is 4.98 Å². The second-order valence-electron chi connectivity index (χ2n) is 4.13. The highest BCUT2D eigenvalue weighted by Crippen LogP contribution is 2.30. The van der Waals surface area contributed by atoms with Crippen molar-refractivity contribution in [3.05, 3.63) is 45.4 Å². The molecule has 5 heteroatoms. The zero-order chi connectivity index (χ0) is 13.5. The first-order valence-electron chi connectivity index (χ1n) is 6.31. The van der Waals surface area contributed by atoms with E-state index in [1.165, 1.54) is 0 Å². The Hall–Kier alpha value is -0.550. The zero-order valence-corrected chi connectivity index (χ0v) is 13.2. The lowest BCUT2D eigenvalue weighted by atomic mass is 10.4. The standard InChI is InChI=1S/C14H17ClN2S2/c1-2-7-16-8-11-9-19-14(17-11)10-18-13-6-4-3-5-12(13)15/h3-6,9,16H,2,7-8,10H2,1H3. The fraction of sp³-hybridized carbons (Fsp3) is 0.357. The molecule has 0 spiro atoms. The number of thioether (sulfide) groups is 1. The smallest absolute Gasteiger partial charge is 0.103 e. The van der Waals surface area contributed by atoms with Crippen LogP contribution in [0.15, 0.2) is 34.5 Å². The summed E-state index contributed by atoms with van der Waals surface area (Å²) in [6.45, 7) is 4.07. The molecular formula is C14H17ClN2S2. The van der Waals surface area contributed by atoms with Gasteiger partial charge in [-0.1, -0.05) is 30.7 Å². The highest BCUT2D eigenvalue weighted by Gasteiger charge is 2.04. The van der Waals surface area contributed by atoms with Crippen LogP contribution in [0.3, 0.4) is 0 Å². The third kappa shape index (κ3) is 4.80. The fourth-order valence-electron chi connectivity index (χ4n) is 1.59. The Kier molecular flexibility index (Phi) is 6.17. The van der Waals surface area contributed by atoms with Crippen molar-refractivity contribution in [3.63, 3.8) is 0 Å². The number of nitrogens with zero attached hydrogens (tertiary/aromatic N) is 1. The van der Waals surface area contributed by atoms with Gasteiger partial charge in [-0.2, -0.15) is 0 Å². The van der Waals surface area contributed by atoms with E-state index < -0.39 is 0 Å². The molecule has 0 atom stereocenters. The number of aromatic nitrogens is 1. The number of benzene rings is 1. The van der Waals surface area contributed by atoms with Gasteiger partial charge in [0.2, 0.25) is 0 Å². The first-order valence-corrected chi connectivity index (χ1v) is 8.55. The summed E-state index contributed by atoms with van der Waals surface area (Å²) in [6, 6.07) is 7.93. The van der Waals surface area contributed by atoms with Gasteiger partial charge >= 0.3 is 0 Å². The quantitative estimate of drug-likeness (QED) is 0.598. The Morgan fingerprint density at radius 1 is 1.37 bits per heavy atom. The largest absolute Gasteiger partial charge is 0.311 e. The van der Waals surface area contributed by atoms with Crippen LogP contribution in [0.5, 0.6) is 0 Å². The molecule has 0 radical (unpaired) electrons. The maximum Gasteiger partial charge on any atom is 0.103 e. The first-order chi connectivity index (χ1) is 9.29. The highest BCUT2D eigenvalue weighted by atomic mass is 35.5. The third-order valence-electron chi connectivity index (χ3n) is 2.52. The van der Waals surface area contributed by atoms with Crippen LogP contribution in [0.4, 0.5) is 0 Å². The molecule has 0 aliphatic rings. The fourth-order valence-corrected chi connectivity index (χ4v) is 3.64. The predicted octanol–water partition coefficient (Wildman–Crippen LogP) is 4.59. The number of hydrogen-bond acceptors (Lipinski definition) is 4. The molecule has 2 nitrogen and oxygen atoms in total. The van der Waals surface area contributed by atoms with Gasteiger partial charge in [0.05, 0.1) is 16.5 Å². The van der Waals surface area contributed by atoms with Crippen molar-refractivity contribution in [2.75, 3.05) is 6.54 Å². The van der Waals surface area contributed by atoms with Crippen LogP contribution < -0.4 is 5.32 Å². The molecule has 102 valence electrons. The van der Waals surface area contributed by atoms with Crippen LogP contribution in [-0.4, -0.2) is 11.5 Å².